The number of carbonyl (C=O) groups is 1. The van der Waals surface area contributed by atoms with Gasteiger partial charge in [-0.25, -0.2) is 4.39 Å². The van der Waals surface area contributed by atoms with Gasteiger partial charge in [0.1, 0.15) is 5.82 Å². The fourth-order valence-electron chi connectivity index (χ4n) is 2.41. The molecule has 2 aromatic carbocycles. The highest BCUT2D eigenvalue weighted by Gasteiger charge is 2.11. The molecule has 23 heavy (non-hydrogen) atoms. The lowest BCUT2D eigenvalue weighted by molar-refractivity contribution is -0.111. The summed E-state index contributed by atoms with van der Waals surface area (Å²) in [5.74, 6) is -0.593. The third-order valence-corrected chi connectivity index (χ3v) is 3.95. The highest BCUT2D eigenvalue weighted by Crippen LogP contribution is 2.29. The van der Waals surface area contributed by atoms with Crippen LogP contribution in [-0.2, 0) is 17.6 Å². The van der Waals surface area contributed by atoms with Gasteiger partial charge in [-0.2, -0.15) is 0 Å². The minimum absolute atomic E-state index is 0.263. The van der Waals surface area contributed by atoms with Crippen LogP contribution < -0.4 is 5.32 Å². The Hall–Kier alpha value is -2.13. The molecule has 0 aliphatic heterocycles. The lowest BCUT2D eigenvalue weighted by atomic mass is 10.0. The van der Waals surface area contributed by atoms with Crippen LogP contribution in [0.5, 0.6) is 0 Å². The van der Waals surface area contributed by atoms with Crippen LogP contribution in [0.1, 0.15) is 30.5 Å². The quantitative estimate of drug-likeness (QED) is 0.744. The van der Waals surface area contributed by atoms with Crippen LogP contribution in [0.4, 0.5) is 10.1 Å². The number of benzene rings is 2. The molecule has 0 aromatic heterocycles. The summed E-state index contributed by atoms with van der Waals surface area (Å²) in [7, 11) is 0. The van der Waals surface area contributed by atoms with E-state index in [9.17, 15) is 9.18 Å². The fraction of sp³-hybridized carbons (Fsp3) is 0.211. The molecule has 2 rings (SSSR count). The molecule has 0 spiro atoms. The minimum atomic E-state index is -0.330. The summed E-state index contributed by atoms with van der Waals surface area (Å²) >= 11 is 6.22. The van der Waals surface area contributed by atoms with Crippen molar-refractivity contribution in [2.24, 2.45) is 0 Å². The average molecular weight is 332 g/mol. The molecule has 120 valence electrons. The first-order valence-corrected chi connectivity index (χ1v) is 7.97. The van der Waals surface area contributed by atoms with Gasteiger partial charge in [0.05, 0.1) is 0 Å². The summed E-state index contributed by atoms with van der Waals surface area (Å²) in [6.07, 6.45) is 4.51. The van der Waals surface area contributed by atoms with Crippen LogP contribution in [0.3, 0.4) is 0 Å². The molecule has 0 radical (unpaired) electrons. The number of carbonyl (C=O) groups excluding carboxylic acids is 1. The van der Waals surface area contributed by atoms with E-state index < -0.39 is 0 Å². The van der Waals surface area contributed by atoms with Crippen LogP contribution in [0.25, 0.3) is 6.08 Å². The first kappa shape index (κ1) is 17.2. The lowest BCUT2D eigenvalue weighted by Gasteiger charge is -2.15. The third-order valence-electron chi connectivity index (χ3n) is 3.60. The zero-order valence-corrected chi connectivity index (χ0v) is 14.0. The number of rotatable bonds is 5. The summed E-state index contributed by atoms with van der Waals surface area (Å²) in [6, 6.07) is 9.86. The second-order valence-electron chi connectivity index (χ2n) is 5.14. The van der Waals surface area contributed by atoms with Gasteiger partial charge in [-0.05, 0) is 53.8 Å². The molecule has 0 atom stereocenters. The van der Waals surface area contributed by atoms with Gasteiger partial charge in [0.2, 0.25) is 5.91 Å². The molecule has 0 aliphatic carbocycles. The molecule has 2 aromatic rings. The van der Waals surface area contributed by atoms with Crippen molar-refractivity contribution in [1.29, 1.82) is 0 Å². The number of halogens is 2. The predicted octanol–water partition coefficient (Wildman–Crippen LogP) is 5.26. The standard InChI is InChI=1S/C19H19ClFNO/c1-3-14-9-10-17(20)16(4-2)19(14)22-18(23)11-8-13-6-5-7-15(21)12-13/h5-12H,3-4H2,1-2H3,(H,22,23)/b11-8+. The molecule has 0 heterocycles. The molecule has 0 saturated heterocycles. The molecule has 0 saturated carbocycles. The first-order valence-electron chi connectivity index (χ1n) is 7.60. The molecule has 2 nitrogen and oxygen atoms in total. The molecule has 1 amide bonds. The minimum Gasteiger partial charge on any atom is -0.322 e. The maximum Gasteiger partial charge on any atom is 0.248 e. The summed E-state index contributed by atoms with van der Waals surface area (Å²) < 4.78 is 13.1. The van der Waals surface area contributed by atoms with Gasteiger partial charge in [-0.1, -0.05) is 43.6 Å². The monoisotopic (exact) mass is 331 g/mol. The van der Waals surface area contributed by atoms with Gasteiger partial charge >= 0.3 is 0 Å². The van der Waals surface area contributed by atoms with Crippen LogP contribution in [0.2, 0.25) is 5.02 Å². The van der Waals surface area contributed by atoms with Gasteiger partial charge in [-0.3, -0.25) is 4.79 Å². The highest BCUT2D eigenvalue weighted by atomic mass is 35.5. The van der Waals surface area contributed by atoms with E-state index in [1.165, 1.54) is 18.2 Å². The predicted molar refractivity (Wildman–Crippen MR) is 94.3 cm³/mol. The molecule has 4 heteroatoms. The Bertz CT molecular complexity index is 740. The Morgan fingerprint density at radius 3 is 2.65 bits per heavy atom. The molecular weight excluding hydrogens is 313 g/mol. The van der Waals surface area contributed by atoms with Crippen molar-refractivity contribution in [2.45, 2.75) is 26.7 Å². The van der Waals surface area contributed by atoms with Crippen LogP contribution in [-0.4, -0.2) is 5.91 Å². The zero-order chi connectivity index (χ0) is 16.8. The largest absolute Gasteiger partial charge is 0.322 e. The summed E-state index contributed by atoms with van der Waals surface area (Å²) in [4.78, 5) is 12.2. The van der Waals surface area contributed by atoms with Gasteiger partial charge in [-0.15, -0.1) is 0 Å². The fourth-order valence-corrected chi connectivity index (χ4v) is 2.71. The molecule has 0 aliphatic rings. The van der Waals surface area contributed by atoms with E-state index in [2.05, 4.69) is 5.32 Å². The van der Waals surface area contributed by atoms with Crippen molar-refractivity contribution < 1.29 is 9.18 Å². The smallest absolute Gasteiger partial charge is 0.248 e. The van der Waals surface area contributed by atoms with Gasteiger partial charge < -0.3 is 5.32 Å². The van der Waals surface area contributed by atoms with E-state index in [-0.39, 0.29) is 11.7 Å². The number of hydrogen-bond donors (Lipinski definition) is 1. The maximum absolute atomic E-state index is 13.1. The summed E-state index contributed by atoms with van der Waals surface area (Å²) in [6.45, 7) is 4.03. The Morgan fingerprint density at radius 1 is 1.22 bits per heavy atom. The number of aryl methyl sites for hydroxylation is 1. The zero-order valence-electron chi connectivity index (χ0n) is 13.2. The normalized spacial score (nSPS) is 11.0. The second-order valence-corrected chi connectivity index (χ2v) is 5.55. The highest BCUT2D eigenvalue weighted by molar-refractivity contribution is 6.32. The Kier molecular flexibility index (Phi) is 5.94. The van der Waals surface area contributed by atoms with Crippen molar-refractivity contribution in [3.63, 3.8) is 0 Å². The van der Waals surface area contributed by atoms with Crippen molar-refractivity contribution in [2.75, 3.05) is 5.32 Å². The van der Waals surface area contributed by atoms with E-state index in [1.807, 2.05) is 26.0 Å². The average Bonchev–Trinajstić information content (AvgIpc) is 2.53. The molecule has 0 unspecified atom stereocenters. The van der Waals surface area contributed by atoms with Crippen molar-refractivity contribution >= 4 is 29.3 Å². The lowest BCUT2D eigenvalue weighted by Crippen LogP contribution is -2.12. The first-order chi connectivity index (χ1) is 11.0. The van der Waals surface area contributed by atoms with E-state index in [0.29, 0.717) is 10.6 Å². The molecule has 0 bridgehead atoms. The summed E-state index contributed by atoms with van der Waals surface area (Å²) in [5.41, 5.74) is 3.38. The third kappa shape index (κ3) is 4.42. The number of nitrogens with one attached hydrogen (secondary N) is 1. The van der Waals surface area contributed by atoms with Crippen molar-refractivity contribution in [3.05, 3.63) is 70.0 Å². The summed E-state index contributed by atoms with van der Waals surface area (Å²) in [5, 5.41) is 3.55. The van der Waals surface area contributed by atoms with Crippen LogP contribution in [0.15, 0.2) is 42.5 Å². The van der Waals surface area contributed by atoms with Crippen LogP contribution in [0, 0.1) is 5.82 Å². The van der Waals surface area contributed by atoms with Crippen molar-refractivity contribution in [1.82, 2.24) is 0 Å². The topological polar surface area (TPSA) is 29.1 Å². The Balaban J connectivity index is 2.21. The van der Waals surface area contributed by atoms with Crippen molar-refractivity contribution in [3.8, 4) is 0 Å². The van der Waals surface area contributed by atoms with Gasteiger partial charge in [0.25, 0.3) is 0 Å². The van der Waals surface area contributed by atoms with E-state index in [0.717, 1.165) is 29.7 Å². The number of anilines is 1. The van der Waals surface area contributed by atoms with E-state index >= 15 is 0 Å². The molecule has 0 fully saturated rings. The maximum atomic E-state index is 13.1. The van der Waals surface area contributed by atoms with E-state index in [1.54, 1.807) is 18.2 Å². The van der Waals surface area contributed by atoms with Gasteiger partial charge in [0, 0.05) is 16.8 Å². The number of hydrogen-bond acceptors (Lipinski definition) is 1. The molecular formula is C19H19ClFNO. The Labute approximate surface area is 141 Å². The van der Waals surface area contributed by atoms with Gasteiger partial charge in [0.15, 0.2) is 0 Å². The number of amides is 1. The van der Waals surface area contributed by atoms with Crippen LogP contribution >= 0.6 is 11.6 Å². The van der Waals surface area contributed by atoms with E-state index in [4.69, 9.17) is 11.6 Å². The SMILES string of the molecule is CCc1ccc(Cl)c(CC)c1NC(=O)/C=C/c1cccc(F)c1. The Morgan fingerprint density at radius 2 is 2.00 bits per heavy atom. The second kappa shape index (κ2) is 7.93. The molecule has 1 N–H and O–H groups in total.